The van der Waals surface area contributed by atoms with Crippen LogP contribution in [0.3, 0.4) is 0 Å². The first-order valence-corrected chi connectivity index (χ1v) is 14.6. The Morgan fingerprint density at radius 2 is 1.59 bits per heavy atom. The molecule has 0 bridgehead atoms. The van der Waals surface area contributed by atoms with E-state index < -0.39 is 0 Å². The fourth-order valence-electron chi connectivity index (χ4n) is 11.2. The highest BCUT2D eigenvalue weighted by Crippen LogP contribution is 2.75. The molecular formula is C32H52O2. The molecule has 0 aromatic heterocycles. The van der Waals surface area contributed by atoms with Crippen molar-refractivity contribution in [3.8, 4) is 0 Å². The van der Waals surface area contributed by atoms with E-state index in [0.717, 1.165) is 30.1 Å². The summed E-state index contributed by atoms with van der Waals surface area (Å²) in [5, 5.41) is 0. The first-order chi connectivity index (χ1) is 15.7. The topological polar surface area (TPSA) is 26.3 Å². The van der Waals surface area contributed by atoms with Gasteiger partial charge < -0.3 is 4.74 Å². The van der Waals surface area contributed by atoms with Gasteiger partial charge in [0.25, 0.3) is 0 Å². The van der Waals surface area contributed by atoms with E-state index in [0.29, 0.717) is 27.6 Å². The van der Waals surface area contributed by atoms with Crippen LogP contribution in [0.5, 0.6) is 0 Å². The molecule has 10 atom stereocenters. The summed E-state index contributed by atoms with van der Waals surface area (Å²) < 4.78 is 5.91. The molecule has 4 fully saturated rings. The number of allylic oxidation sites excluding steroid dienone is 2. The second-order valence-corrected chi connectivity index (χ2v) is 15.3. The van der Waals surface area contributed by atoms with E-state index in [4.69, 9.17) is 4.74 Å². The molecule has 0 aromatic carbocycles. The van der Waals surface area contributed by atoms with E-state index >= 15 is 0 Å². The highest BCUT2D eigenvalue weighted by atomic mass is 16.5. The highest BCUT2D eigenvalue weighted by molar-refractivity contribution is 5.66. The van der Waals surface area contributed by atoms with Crippen molar-refractivity contribution in [2.75, 3.05) is 0 Å². The van der Waals surface area contributed by atoms with Gasteiger partial charge >= 0.3 is 5.97 Å². The smallest absolute Gasteiger partial charge is 0.302 e. The van der Waals surface area contributed by atoms with Gasteiger partial charge in [-0.1, -0.05) is 67.0 Å². The molecular weight excluding hydrogens is 416 g/mol. The maximum atomic E-state index is 11.9. The zero-order chi connectivity index (χ0) is 24.9. The maximum Gasteiger partial charge on any atom is 0.302 e. The lowest BCUT2D eigenvalue weighted by Gasteiger charge is -2.71. The van der Waals surface area contributed by atoms with Crippen molar-refractivity contribution < 1.29 is 9.53 Å². The van der Waals surface area contributed by atoms with E-state index in [1.165, 1.54) is 51.4 Å². The first-order valence-electron chi connectivity index (χ1n) is 14.6. The predicted molar refractivity (Wildman–Crippen MR) is 140 cm³/mol. The molecule has 0 radical (unpaired) electrons. The second kappa shape index (κ2) is 7.61. The third-order valence-electron chi connectivity index (χ3n) is 13.6. The van der Waals surface area contributed by atoms with Crippen LogP contribution in [0.4, 0.5) is 0 Å². The molecule has 34 heavy (non-hydrogen) atoms. The summed E-state index contributed by atoms with van der Waals surface area (Å²) in [6.07, 6.45) is 14.6. The Labute approximate surface area is 210 Å². The lowest BCUT2D eigenvalue weighted by Crippen LogP contribution is -2.65. The van der Waals surface area contributed by atoms with Crippen molar-refractivity contribution in [1.29, 1.82) is 0 Å². The van der Waals surface area contributed by atoms with Gasteiger partial charge in [-0.15, -0.1) is 0 Å². The van der Waals surface area contributed by atoms with Gasteiger partial charge in [-0.3, -0.25) is 4.79 Å². The van der Waals surface area contributed by atoms with Gasteiger partial charge in [-0.05, 0) is 109 Å². The van der Waals surface area contributed by atoms with Crippen LogP contribution in [0.2, 0.25) is 0 Å². The van der Waals surface area contributed by atoms with Gasteiger partial charge in [0, 0.05) is 12.3 Å². The molecule has 192 valence electrons. The van der Waals surface area contributed by atoms with Crippen LogP contribution in [0.1, 0.15) is 120 Å². The van der Waals surface area contributed by atoms with Crippen LogP contribution in [0.25, 0.3) is 0 Å². The summed E-state index contributed by atoms with van der Waals surface area (Å²) in [5.74, 6) is 3.66. The number of carbonyl (C=O) groups is 1. The third-order valence-corrected chi connectivity index (χ3v) is 13.6. The molecule has 0 amide bonds. The van der Waals surface area contributed by atoms with Crippen LogP contribution in [0, 0.1) is 56.7 Å². The van der Waals surface area contributed by atoms with Gasteiger partial charge in [-0.25, -0.2) is 0 Å². The van der Waals surface area contributed by atoms with E-state index in [-0.39, 0.29) is 17.5 Å². The number of carbonyl (C=O) groups excluding carboxylic acids is 1. The quantitative estimate of drug-likeness (QED) is 0.284. The summed E-state index contributed by atoms with van der Waals surface area (Å²) in [6, 6.07) is 0. The Balaban J connectivity index is 1.54. The number of fused-ring (bicyclic) bond motifs is 7. The zero-order valence-corrected chi connectivity index (χ0v) is 23.7. The zero-order valence-electron chi connectivity index (χ0n) is 23.7. The summed E-state index contributed by atoms with van der Waals surface area (Å²) in [5.41, 5.74) is 3.44. The fraction of sp³-hybridized carbons (Fsp3) is 0.906. The van der Waals surface area contributed by atoms with E-state index in [1.807, 2.05) is 5.57 Å². The minimum atomic E-state index is -0.110. The summed E-state index contributed by atoms with van der Waals surface area (Å²) in [4.78, 5) is 11.9. The molecule has 2 heteroatoms. The lowest BCUT2D eigenvalue weighted by molar-refractivity contribution is -0.212. The van der Waals surface area contributed by atoms with Crippen molar-refractivity contribution in [3.63, 3.8) is 0 Å². The highest BCUT2D eigenvalue weighted by Gasteiger charge is 2.68. The Hall–Kier alpha value is -0.790. The van der Waals surface area contributed by atoms with Gasteiger partial charge in [0.2, 0.25) is 0 Å². The van der Waals surface area contributed by atoms with Gasteiger partial charge in [0.05, 0.1) is 0 Å². The van der Waals surface area contributed by atoms with Crippen molar-refractivity contribution in [2.24, 2.45) is 56.7 Å². The summed E-state index contributed by atoms with van der Waals surface area (Å²) in [7, 11) is 0. The first kappa shape index (κ1) is 24.9. The molecule has 4 saturated carbocycles. The Kier molecular flexibility index (Phi) is 5.57. The van der Waals surface area contributed by atoms with Crippen LogP contribution >= 0.6 is 0 Å². The molecule has 0 heterocycles. The monoisotopic (exact) mass is 468 g/mol. The minimum Gasteiger partial charge on any atom is -0.462 e. The SMILES string of the molecule is CC(=O)O[C@H]1CC[C@@]2(C)[C@H](CC[C@]3(C)[C@@H]2CC=C2[C@H]4[C@@H](C)[C@H](C)CC[C@]4(C)CC[C@]23C)C1(C)C. The van der Waals surface area contributed by atoms with E-state index in [2.05, 4.69) is 61.5 Å². The van der Waals surface area contributed by atoms with E-state index in [1.54, 1.807) is 6.92 Å². The normalized spacial score (nSPS) is 54.0. The fourth-order valence-corrected chi connectivity index (χ4v) is 11.2. The maximum absolute atomic E-state index is 11.9. The lowest BCUT2D eigenvalue weighted by atomic mass is 9.33. The molecule has 2 nitrogen and oxygen atoms in total. The average molecular weight is 469 g/mol. The van der Waals surface area contributed by atoms with Gasteiger partial charge in [-0.2, -0.15) is 0 Å². The van der Waals surface area contributed by atoms with Crippen molar-refractivity contribution in [3.05, 3.63) is 11.6 Å². The number of ether oxygens (including phenoxy) is 1. The van der Waals surface area contributed by atoms with Gasteiger partial charge in [0.1, 0.15) is 6.10 Å². The van der Waals surface area contributed by atoms with Gasteiger partial charge in [0.15, 0.2) is 0 Å². The number of hydrogen-bond donors (Lipinski definition) is 0. The Morgan fingerprint density at radius 3 is 2.26 bits per heavy atom. The van der Waals surface area contributed by atoms with Crippen LogP contribution < -0.4 is 0 Å². The molecule has 0 aromatic rings. The predicted octanol–water partition coefficient (Wildman–Crippen LogP) is 8.60. The summed E-state index contributed by atoms with van der Waals surface area (Å²) >= 11 is 0. The molecule has 0 aliphatic heterocycles. The molecule has 0 spiro atoms. The average Bonchev–Trinajstić information content (AvgIpc) is 2.74. The van der Waals surface area contributed by atoms with Crippen LogP contribution in [-0.4, -0.2) is 12.1 Å². The number of esters is 1. The number of rotatable bonds is 1. The largest absolute Gasteiger partial charge is 0.462 e. The molecule has 5 aliphatic carbocycles. The van der Waals surface area contributed by atoms with E-state index in [9.17, 15) is 4.79 Å². The third kappa shape index (κ3) is 3.08. The Bertz CT molecular complexity index is 885. The molecule has 5 rings (SSSR count). The molecule has 0 saturated heterocycles. The minimum absolute atomic E-state index is 0.0450. The Morgan fingerprint density at radius 1 is 0.882 bits per heavy atom. The molecule has 0 unspecified atom stereocenters. The molecule has 5 aliphatic rings. The van der Waals surface area contributed by atoms with Crippen molar-refractivity contribution in [1.82, 2.24) is 0 Å². The summed E-state index contributed by atoms with van der Waals surface area (Å²) in [6.45, 7) is 22.1. The second-order valence-electron chi connectivity index (χ2n) is 15.3. The van der Waals surface area contributed by atoms with Crippen LogP contribution in [0.15, 0.2) is 11.6 Å². The molecule has 0 N–H and O–H groups in total. The number of hydrogen-bond acceptors (Lipinski definition) is 2. The standard InChI is InChI=1S/C32H52O2/c1-20-12-15-29(6)18-19-31(8)23(27(29)21(20)2)10-11-25-30(7)16-14-26(34-22(3)33)28(4,5)24(30)13-17-32(25,31)9/h10,20-21,24-27H,11-19H2,1-9H3/t20-,21+,24-,25-,26+,27-,29-,30+,31-,32-/m1/s1. The van der Waals surface area contributed by atoms with Crippen LogP contribution in [-0.2, 0) is 9.53 Å². The van der Waals surface area contributed by atoms with Crippen molar-refractivity contribution >= 4 is 5.97 Å². The van der Waals surface area contributed by atoms with Crippen molar-refractivity contribution in [2.45, 2.75) is 126 Å².